The maximum Gasteiger partial charge on any atom is 0.241 e. The summed E-state index contributed by atoms with van der Waals surface area (Å²) < 4.78 is 0.899. The largest absolute Gasteiger partial charge is 0.508 e. The minimum absolute atomic E-state index is 0.196. The monoisotopic (exact) mass is 348 g/mol. The molecular formula is C16H17BrN2O2. The predicted molar refractivity (Wildman–Crippen MR) is 87.3 cm³/mol. The van der Waals surface area contributed by atoms with Crippen LogP contribution in [0.15, 0.2) is 46.9 Å². The lowest BCUT2D eigenvalue weighted by atomic mass is 10.1. The molecule has 0 saturated heterocycles. The lowest BCUT2D eigenvalue weighted by molar-refractivity contribution is -0.117. The number of benzene rings is 2. The summed E-state index contributed by atoms with van der Waals surface area (Å²) >= 11 is 3.38. The van der Waals surface area contributed by atoms with Crippen molar-refractivity contribution in [3.63, 3.8) is 0 Å². The van der Waals surface area contributed by atoms with Gasteiger partial charge in [0.15, 0.2) is 0 Å². The highest BCUT2D eigenvalue weighted by Gasteiger charge is 2.15. The first kappa shape index (κ1) is 15.5. The van der Waals surface area contributed by atoms with E-state index in [9.17, 15) is 9.90 Å². The SMILES string of the molecule is Cc1ccc(Br)cc1NC(=O)[C@@H](N)Cc1ccc(O)cc1. The number of hydrogen-bond acceptors (Lipinski definition) is 3. The molecule has 0 unspecified atom stereocenters. The van der Waals surface area contributed by atoms with Gasteiger partial charge in [0.1, 0.15) is 5.75 Å². The summed E-state index contributed by atoms with van der Waals surface area (Å²) in [5.41, 5.74) is 8.56. The van der Waals surface area contributed by atoms with Gasteiger partial charge in [0.25, 0.3) is 0 Å². The molecule has 0 aromatic heterocycles. The normalized spacial score (nSPS) is 12.0. The topological polar surface area (TPSA) is 75.4 Å². The third kappa shape index (κ3) is 4.31. The number of halogens is 1. The van der Waals surface area contributed by atoms with Crippen molar-refractivity contribution in [3.05, 3.63) is 58.1 Å². The molecule has 5 heteroatoms. The van der Waals surface area contributed by atoms with Gasteiger partial charge in [-0.3, -0.25) is 4.79 Å². The zero-order chi connectivity index (χ0) is 15.4. The van der Waals surface area contributed by atoms with Crippen molar-refractivity contribution in [1.82, 2.24) is 0 Å². The van der Waals surface area contributed by atoms with E-state index < -0.39 is 6.04 Å². The molecule has 2 rings (SSSR count). The van der Waals surface area contributed by atoms with E-state index in [1.807, 2.05) is 25.1 Å². The lowest BCUT2D eigenvalue weighted by Gasteiger charge is -2.14. The molecule has 0 aliphatic heterocycles. The summed E-state index contributed by atoms with van der Waals surface area (Å²) in [5.74, 6) is -0.0363. The van der Waals surface area contributed by atoms with Crippen molar-refractivity contribution < 1.29 is 9.90 Å². The van der Waals surface area contributed by atoms with Gasteiger partial charge in [-0.15, -0.1) is 0 Å². The van der Waals surface area contributed by atoms with E-state index in [0.29, 0.717) is 6.42 Å². The van der Waals surface area contributed by atoms with E-state index in [1.54, 1.807) is 24.3 Å². The van der Waals surface area contributed by atoms with Gasteiger partial charge in [0, 0.05) is 10.2 Å². The Balaban J connectivity index is 2.02. The van der Waals surface area contributed by atoms with Crippen LogP contribution >= 0.6 is 15.9 Å². The van der Waals surface area contributed by atoms with Crippen LogP contribution < -0.4 is 11.1 Å². The Kier molecular flexibility index (Phi) is 4.98. The summed E-state index contributed by atoms with van der Waals surface area (Å²) in [5, 5.41) is 12.1. The Hall–Kier alpha value is -1.85. The minimum Gasteiger partial charge on any atom is -0.508 e. The number of nitrogens with one attached hydrogen (secondary N) is 1. The van der Waals surface area contributed by atoms with Crippen molar-refractivity contribution in [2.75, 3.05) is 5.32 Å². The molecule has 0 aliphatic rings. The van der Waals surface area contributed by atoms with Crippen molar-refractivity contribution in [3.8, 4) is 5.75 Å². The third-order valence-corrected chi connectivity index (χ3v) is 3.68. The molecule has 2 aromatic rings. The molecule has 0 fully saturated rings. The second-order valence-corrected chi connectivity index (χ2v) is 5.84. The zero-order valence-electron chi connectivity index (χ0n) is 11.6. The zero-order valence-corrected chi connectivity index (χ0v) is 13.2. The summed E-state index contributed by atoms with van der Waals surface area (Å²) in [7, 11) is 0. The van der Waals surface area contributed by atoms with Crippen LogP contribution in [0.2, 0.25) is 0 Å². The third-order valence-electron chi connectivity index (χ3n) is 3.19. The van der Waals surface area contributed by atoms with Crippen LogP contribution in [-0.4, -0.2) is 17.1 Å². The fourth-order valence-corrected chi connectivity index (χ4v) is 2.29. The highest BCUT2D eigenvalue weighted by molar-refractivity contribution is 9.10. The van der Waals surface area contributed by atoms with E-state index in [-0.39, 0.29) is 11.7 Å². The predicted octanol–water partition coefficient (Wildman–Crippen LogP) is 2.97. The highest BCUT2D eigenvalue weighted by Crippen LogP contribution is 2.21. The smallest absolute Gasteiger partial charge is 0.241 e. The first-order valence-electron chi connectivity index (χ1n) is 6.56. The van der Waals surface area contributed by atoms with Gasteiger partial charge in [-0.1, -0.05) is 34.1 Å². The second kappa shape index (κ2) is 6.74. The van der Waals surface area contributed by atoms with E-state index in [4.69, 9.17) is 5.73 Å². The number of carbonyl (C=O) groups excluding carboxylic acids is 1. The maximum absolute atomic E-state index is 12.1. The number of aryl methyl sites for hydroxylation is 1. The summed E-state index contributed by atoms with van der Waals surface area (Å²) in [6, 6.07) is 11.7. The van der Waals surface area contributed by atoms with Crippen LogP contribution in [0.4, 0.5) is 5.69 Å². The van der Waals surface area contributed by atoms with Gasteiger partial charge in [-0.05, 0) is 48.7 Å². The number of rotatable bonds is 4. The van der Waals surface area contributed by atoms with Gasteiger partial charge < -0.3 is 16.2 Å². The number of nitrogens with two attached hydrogens (primary N) is 1. The van der Waals surface area contributed by atoms with Gasteiger partial charge >= 0.3 is 0 Å². The van der Waals surface area contributed by atoms with Gasteiger partial charge in [0.2, 0.25) is 5.91 Å². The molecule has 1 amide bonds. The molecular weight excluding hydrogens is 332 g/mol. The molecule has 2 aromatic carbocycles. The van der Waals surface area contributed by atoms with Crippen molar-refractivity contribution in [2.45, 2.75) is 19.4 Å². The molecule has 0 bridgehead atoms. The van der Waals surface area contributed by atoms with Crippen LogP contribution in [0.25, 0.3) is 0 Å². The van der Waals surface area contributed by atoms with Crippen LogP contribution in [0.3, 0.4) is 0 Å². The Morgan fingerprint density at radius 3 is 2.62 bits per heavy atom. The van der Waals surface area contributed by atoms with Crippen molar-refractivity contribution >= 4 is 27.5 Å². The quantitative estimate of drug-likeness (QED) is 0.794. The number of amides is 1. The molecule has 21 heavy (non-hydrogen) atoms. The van der Waals surface area contributed by atoms with Crippen LogP contribution in [-0.2, 0) is 11.2 Å². The number of aromatic hydroxyl groups is 1. The van der Waals surface area contributed by atoms with Crippen LogP contribution in [0, 0.1) is 6.92 Å². The maximum atomic E-state index is 12.1. The number of hydrogen-bond donors (Lipinski definition) is 3. The number of carbonyl (C=O) groups is 1. The first-order valence-corrected chi connectivity index (χ1v) is 7.35. The minimum atomic E-state index is -0.645. The van der Waals surface area contributed by atoms with E-state index in [0.717, 1.165) is 21.3 Å². The Bertz CT molecular complexity index is 641. The molecule has 110 valence electrons. The highest BCUT2D eigenvalue weighted by atomic mass is 79.9. The average Bonchev–Trinajstić information content (AvgIpc) is 2.45. The molecule has 0 aliphatic carbocycles. The van der Waals surface area contributed by atoms with Crippen LogP contribution in [0.5, 0.6) is 5.75 Å². The summed E-state index contributed by atoms with van der Waals surface area (Å²) in [6.45, 7) is 1.92. The summed E-state index contributed by atoms with van der Waals surface area (Å²) in [6.07, 6.45) is 0.416. The molecule has 4 nitrogen and oxygen atoms in total. The Morgan fingerprint density at radius 2 is 1.95 bits per heavy atom. The number of phenolic OH excluding ortho intramolecular Hbond substituents is 1. The first-order chi connectivity index (χ1) is 9.95. The van der Waals surface area contributed by atoms with Crippen molar-refractivity contribution in [2.24, 2.45) is 5.73 Å². The van der Waals surface area contributed by atoms with E-state index in [1.165, 1.54) is 0 Å². The molecule has 1 atom stereocenters. The molecule has 0 saturated carbocycles. The fourth-order valence-electron chi connectivity index (χ4n) is 1.93. The molecule has 0 spiro atoms. The Labute approximate surface area is 132 Å². The van der Waals surface area contributed by atoms with Gasteiger partial charge in [-0.2, -0.15) is 0 Å². The average molecular weight is 349 g/mol. The van der Waals surface area contributed by atoms with Gasteiger partial charge in [-0.25, -0.2) is 0 Å². The fraction of sp³-hybridized carbons (Fsp3) is 0.188. The van der Waals surface area contributed by atoms with Crippen LogP contribution in [0.1, 0.15) is 11.1 Å². The number of anilines is 1. The van der Waals surface area contributed by atoms with E-state index in [2.05, 4.69) is 21.2 Å². The second-order valence-electron chi connectivity index (χ2n) is 4.93. The molecule has 0 radical (unpaired) electrons. The lowest BCUT2D eigenvalue weighted by Crippen LogP contribution is -2.37. The molecule has 0 heterocycles. The summed E-state index contributed by atoms with van der Waals surface area (Å²) in [4.78, 5) is 12.1. The van der Waals surface area contributed by atoms with Gasteiger partial charge in [0.05, 0.1) is 6.04 Å². The van der Waals surface area contributed by atoms with E-state index >= 15 is 0 Å². The molecule has 4 N–H and O–H groups in total. The standard InChI is InChI=1S/C16H17BrN2O2/c1-10-2-5-12(17)9-15(10)19-16(21)14(18)8-11-3-6-13(20)7-4-11/h2-7,9,14,20H,8,18H2,1H3,(H,19,21)/t14-/m0/s1. The number of phenols is 1. The van der Waals surface area contributed by atoms with Crippen molar-refractivity contribution in [1.29, 1.82) is 0 Å². The Morgan fingerprint density at radius 1 is 1.29 bits per heavy atom.